The first-order valence-corrected chi connectivity index (χ1v) is 6.75. The van der Waals surface area contributed by atoms with Gasteiger partial charge in [-0.25, -0.2) is 0 Å². The van der Waals surface area contributed by atoms with Gasteiger partial charge in [-0.2, -0.15) is 0 Å². The summed E-state index contributed by atoms with van der Waals surface area (Å²) in [5.41, 5.74) is 7.82. The number of hydrogen-bond donors (Lipinski definition) is 1. The van der Waals surface area contributed by atoms with Crippen molar-refractivity contribution in [3.63, 3.8) is 0 Å². The van der Waals surface area contributed by atoms with E-state index in [2.05, 4.69) is 25.7 Å². The third kappa shape index (κ3) is 4.22. The molecular weight excluding hydrogens is 224 g/mol. The smallest absolute Gasteiger partial charge is 0.123 e. The number of benzene rings is 1. The summed E-state index contributed by atoms with van der Waals surface area (Å²) in [5.74, 6) is 1.64. The molecule has 3 heteroatoms. The van der Waals surface area contributed by atoms with Gasteiger partial charge in [-0.3, -0.25) is 4.90 Å². The molecule has 102 valence electrons. The third-order valence-electron chi connectivity index (χ3n) is 3.41. The van der Waals surface area contributed by atoms with E-state index < -0.39 is 0 Å². The molecule has 0 fully saturated rings. The third-order valence-corrected chi connectivity index (χ3v) is 3.41. The highest BCUT2D eigenvalue weighted by Gasteiger charge is 2.11. The van der Waals surface area contributed by atoms with E-state index in [1.165, 1.54) is 12.0 Å². The number of methoxy groups -OCH3 is 1. The van der Waals surface area contributed by atoms with Crippen molar-refractivity contribution >= 4 is 5.69 Å². The van der Waals surface area contributed by atoms with Gasteiger partial charge in [-0.15, -0.1) is 0 Å². The van der Waals surface area contributed by atoms with Crippen LogP contribution in [0.3, 0.4) is 0 Å². The zero-order valence-corrected chi connectivity index (χ0v) is 12.1. The maximum Gasteiger partial charge on any atom is 0.123 e. The Kier molecular flexibility index (Phi) is 5.99. The van der Waals surface area contributed by atoms with Crippen molar-refractivity contribution in [1.82, 2.24) is 4.90 Å². The zero-order valence-electron chi connectivity index (χ0n) is 12.1. The molecule has 0 aromatic heterocycles. The molecule has 0 aliphatic heterocycles. The van der Waals surface area contributed by atoms with E-state index in [1.54, 1.807) is 7.11 Å². The van der Waals surface area contributed by atoms with Gasteiger partial charge < -0.3 is 10.5 Å². The SMILES string of the molecule is CCC(C)CN(CC)Cc1cc(N)ccc1OC. The molecule has 0 saturated carbocycles. The van der Waals surface area contributed by atoms with Crippen LogP contribution in [0, 0.1) is 5.92 Å². The lowest BCUT2D eigenvalue weighted by Gasteiger charge is -2.24. The fourth-order valence-electron chi connectivity index (χ4n) is 2.04. The van der Waals surface area contributed by atoms with Crippen LogP contribution in [-0.4, -0.2) is 25.1 Å². The van der Waals surface area contributed by atoms with Crippen LogP contribution in [0.25, 0.3) is 0 Å². The second kappa shape index (κ2) is 7.27. The molecule has 1 aromatic rings. The second-order valence-electron chi connectivity index (χ2n) is 4.91. The van der Waals surface area contributed by atoms with E-state index in [0.29, 0.717) is 0 Å². The fraction of sp³-hybridized carbons (Fsp3) is 0.600. The Hall–Kier alpha value is -1.22. The van der Waals surface area contributed by atoms with Crippen molar-refractivity contribution in [2.45, 2.75) is 33.7 Å². The minimum atomic E-state index is 0.719. The average Bonchev–Trinajstić information content (AvgIpc) is 2.38. The number of nitrogens with zero attached hydrogens (tertiary/aromatic N) is 1. The molecule has 18 heavy (non-hydrogen) atoms. The fourth-order valence-corrected chi connectivity index (χ4v) is 2.04. The van der Waals surface area contributed by atoms with Crippen LogP contribution in [0.15, 0.2) is 18.2 Å². The summed E-state index contributed by atoms with van der Waals surface area (Å²) < 4.78 is 5.39. The van der Waals surface area contributed by atoms with E-state index in [-0.39, 0.29) is 0 Å². The molecule has 1 unspecified atom stereocenters. The van der Waals surface area contributed by atoms with Crippen LogP contribution in [-0.2, 0) is 6.54 Å². The van der Waals surface area contributed by atoms with Crippen LogP contribution in [0.1, 0.15) is 32.8 Å². The highest BCUT2D eigenvalue weighted by Crippen LogP contribution is 2.23. The Labute approximate surface area is 111 Å². The quantitative estimate of drug-likeness (QED) is 0.756. The maximum atomic E-state index is 5.85. The molecule has 3 nitrogen and oxygen atoms in total. The molecule has 0 bridgehead atoms. The second-order valence-corrected chi connectivity index (χ2v) is 4.91. The first kappa shape index (κ1) is 14.8. The number of hydrogen-bond acceptors (Lipinski definition) is 3. The topological polar surface area (TPSA) is 38.5 Å². The molecule has 1 aromatic carbocycles. The van der Waals surface area contributed by atoms with Gasteiger partial charge in [0.2, 0.25) is 0 Å². The molecule has 2 N–H and O–H groups in total. The van der Waals surface area contributed by atoms with E-state index >= 15 is 0 Å². The van der Waals surface area contributed by atoms with Gasteiger partial charge in [0.05, 0.1) is 7.11 Å². The summed E-state index contributed by atoms with van der Waals surface area (Å²) >= 11 is 0. The summed E-state index contributed by atoms with van der Waals surface area (Å²) in [5, 5.41) is 0. The molecular formula is C15H26N2O. The summed E-state index contributed by atoms with van der Waals surface area (Å²) in [6.45, 7) is 9.78. The minimum absolute atomic E-state index is 0.719. The van der Waals surface area contributed by atoms with Crippen LogP contribution in [0.5, 0.6) is 5.75 Å². The first-order chi connectivity index (χ1) is 8.60. The van der Waals surface area contributed by atoms with Gasteiger partial charge in [0.15, 0.2) is 0 Å². The van der Waals surface area contributed by atoms with Gasteiger partial charge in [-0.1, -0.05) is 27.2 Å². The summed E-state index contributed by atoms with van der Waals surface area (Å²) in [4.78, 5) is 2.44. The van der Waals surface area contributed by atoms with E-state index in [0.717, 1.165) is 37.0 Å². The van der Waals surface area contributed by atoms with Crippen molar-refractivity contribution in [1.29, 1.82) is 0 Å². The highest BCUT2D eigenvalue weighted by atomic mass is 16.5. The Morgan fingerprint density at radius 3 is 2.61 bits per heavy atom. The maximum absolute atomic E-state index is 5.85. The predicted molar refractivity (Wildman–Crippen MR) is 77.8 cm³/mol. The van der Waals surface area contributed by atoms with Gasteiger partial charge in [0, 0.05) is 24.3 Å². The summed E-state index contributed by atoms with van der Waals surface area (Å²) in [6.07, 6.45) is 1.21. The largest absolute Gasteiger partial charge is 0.496 e. The molecule has 1 rings (SSSR count). The van der Waals surface area contributed by atoms with Crippen molar-refractivity contribution < 1.29 is 4.74 Å². The van der Waals surface area contributed by atoms with Gasteiger partial charge in [-0.05, 0) is 30.7 Å². The molecule has 0 spiro atoms. The van der Waals surface area contributed by atoms with Crippen LogP contribution < -0.4 is 10.5 Å². The molecule has 1 atom stereocenters. The number of nitrogen functional groups attached to an aromatic ring is 1. The van der Waals surface area contributed by atoms with E-state index in [9.17, 15) is 0 Å². The standard InChI is InChI=1S/C15H26N2O/c1-5-12(3)10-17(6-2)11-13-9-14(16)7-8-15(13)18-4/h7-9,12H,5-6,10-11,16H2,1-4H3. The lowest BCUT2D eigenvalue weighted by atomic mass is 10.1. The minimum Gasteiger partial charge on any atom is -0.496 e. The molecule has 0 aliphatic rings. The molecule has 0 saturated heterocycles. The van der Waals surface area contributed by atoms with Crippen molar-refractivity contribution in [2.75, 3.05) is 25.9 Å². The number of rotatable bonds is 7. The van der Waals surface area contributed by atoms with Crippen molar-refractivity contribution in [3.05, 3.63) is 23.8 Å². The zero-order chi connectivity index (χ0) is 13.5. The number of anilines is 1. The van der Waals surface area contributed by atoms with Crippen molar-refractivity contribution in [2.24, 2.45) is 5.92 Å². The Morgan fingerprint density at radius 1 is 1.33 bits per heavy atom. The lowest BCUT2D eigenvalue weighted by Crippen LogP contribution is -2.28. The Bertz CT molecular complexity index is 366. The summed E-state index contributed by atoms with van der Waals surface area (Å²) in [6, 6.07) is 5.84. The Balaban J connectivity index is 2.77. The molecule has 0 radical (unpaired) electrons. The van der Waals surface area contributed by atoms with E-state index in [4.69, 9.17) is 10.5 Å². The van der Waals surface area contributed by atoms with Gasteiger partial charge in [0.25, 0.3) is 0 Å². The lowest BCUT2D eigenvalue weighted by molar-refractivity contribution is 0.235. The average molecular weight is 250 g/mol. The summed E-state index contributed by atoms with van der Waals surface area (Å²) in [7, 11) is 1.71. The predicted octanol–water partition coefficient (Wildman–Crippen LogP) is 3.15. The van der Waals surface area contributed by atoms with Crippen LogP contribution in [0.4, 0.5) is 5.69 Å². The van der Waals surface area contributed by atoms with Crippen molar-refractivity contribution in [3.8, 4) is 5.75 Å². The van der Waals surface area contributed by atoms with Crippen LogP contribution in [0.2, 0.25) is 0 Å². The monoisotopic (exact) mass is 250 g/mol. The number of ether oxygens (including phenoxy) is 1. The van der Waals surface area contributed by atoms with Gasteiger partial charge in [0.1, 0.15) is 5.75 Å². The first-order valence-electron chi connectivity index (χ1n) is 6.75. The molecule has 0 amide bonds. The molecule has 0 aliphatic carbocycles. The Morgan fingerprint density at radius 2 is 2.06 bits per heavy atom. The van der Waals surface area contributed by atoms with Gasteiger partial charge >= 0.3 is 0 Å². The van der Waals surface area contributed by atoms with E-state index in [1.807, 2.05) is 18.2 Å². The highest BCUT2D eigenvalue weighted by molar-refractivity contribution is 5.47. The number of nitrogens with two attached hydrogens (primary N) is 1. The van der Waals surface area contributed by atoms with Crippen LogP contribution >= 0.6 is 0 Å². The normalized spacial score (nSPS) is 12.7. The molecule has 0 heterocycles.